The van der Waals surface area contributed by atoms with Crippen molar-refractivity contribution in [1.82, 2.24) is 0 Å². The number of benzene rings is 1. The first-order valence-corrected chi connectivity index (χ1v) is 5.85. The van der Waals surface area contributed by atoms with E-state index in [9.17, 15) is 4.79 Å². The molecule has 0 heterocycles. The number of carbonyl (C=O) groups excluding carboxylic acids is 1. The minimum Gasteiger partial charge on any atom is -0.289 e. The zero-order chi connectivity index (χ0) is 13.5. The van der Waals surface area contributed by atoms with Crippen LogP contribution in [0.5, 0.6) is 0 Å². The van der Waals surface area contributed by atoms with Gasteiger partial charge in [0.1, 0.15) is 0 Å². The molecular weight excluding hydrogens is 220 g/mol. The Kier molecular flexibility index (Phi) is 5.06. The molecular formula is C17H18O. The summed E-state index contributed by atoms with van der Waals surface area (Å²) in [4.78, 5) is 12.1. The number of ketones is 1. The Bertz CT molecular complexity index is 518. The van der Waals surface area contributed by atoms with Gasteiger partial charge in [0.2, 0.25) is 0 Å². The molecule has 0 saturated heterocycles. The molecule has 1 nitrogen and oxygen atoms in total. The minimum atomic E-state index is -0.0824. The molecule has 18 heavy (non-hydrogen) atoms. The lowest BCUT2D eigenvalue weighted by molar-refractivity contribution is -0.109. The minimum absolute atomic E-state index is 0.0824. The highest BCUT2D eigenvalue weighted by atomic mass is 16.1. The zero-order valence-electron chi connectivity index (χ0n) is 10.8. The van der Waals surface area contributed by atoms with Crippen LogP contribution in [0, 0.1) is 6.92 Å². The van der Waals surface area contributed by atoms with E-state index in [2.05, 4.69) is 19.7 Å². The third-order valence-corrected chi connectivity index (χ3v) is 2.78. The standard InChI is InChI=1S/C17H18O/c1-5-10-14(6-2)17(16(18)7-3)15-12-9-8-11-13(15)4/h5-9,11-12H,1-3,10H2,4H3. The molecule has 1 aromatic rings. The number of hydrogen-bond acceptors (Lipinski definition) is 1. The van der Waals surface area contributed by atoms with Gasteiger partial charge in [-0.2, -0.15) is 0 Å². The summed E-state index contributed by atoms with van der Waals surface area (Å²) in [5.41, 5.74) is 3.53. The monoisotopic (exact) mass is 238 g/mol. The fraction of sp³-hybridized carbons (Fsp3) is 0.118. The van der Waals surface area contributed by atoms with Gasteiger partial charge in [0.15, 0.2) is 5.78 Å². The first-order valence-electron chi connectivity index (χ1n) is 5.85. The molecule has 92 valence electrons. The van der Waals surface area contributed by atoms with Gasteiger partial charge < -0.3 is 0 Å². The van der Waals surface area contributed by atoms with E-state index >= 15 is 0 Å². The molecule has 0 bridgehead atoms. The predicted octanol–water partition coefficient (Wildman–Crippen LogP) is 4.27. The highest BCUT2D eigenvalue weighted by molar-refractivity contribution is 6.27. The summed E-state index contributed by atoms with van der Waals surface area (Å²) in [5, 5.41) is 0. The van der Waals surface area contributed by atoms with Crippen LogP contribution in [0.1, 0.15) is 17.5 Å². The van der Waals surface area contributed by atoms with Gasteiger partial charge in [0.25, 0.3) is 0 Å². The molecule has 0 aromatic heterocycles. The summed E-state index contributed by atoms with van der Waals surface area (Å²) in [6, 6.07) is 7.81. The maximum atomic E-state index is 12.1. The molecule has 0 aliphatic heterocycles. The van der Waals surface area contributed by atoms with Gasteiger partial charge >= 0.3 is 0 Å². The number of rotatable bonds is 6. The van der Waals surface area contributed by atoms with E-state index in [-0.39, 0.29) is 5.78 Å². The summed E-state index contributed by atoms with van der Waals surface area (Å²) in [5.74, 6) is -0.0824. The first kappa shape index (κ1) is 13.9. The van der Waals surface area contributed by atoms with E-state index in [1.807, 2.05) is 31.2 Å². The number of allylic oxidation sites excluding steroid dienone is 5. The van der Waals surface area contributed by atoms with E-state index in [1.165, 1.54) is 6.08 Å². The molecule has 0 fully saturated rings. The highest BCUT2D eigenvalue weighted by Crippen LogP contribution is 2.26. The molecule has 0 amide bonds. The average molecular weight is 238 g/mol. The maximum Gasteiger partial charge on any atom is 0.186 e. The van der Waals surface area contributed by atoms with Crippen LogP contribution in [-0.2, 0) is 4.79 Å². The van der Waals surface area contributed by atoms with Crippen molar-refractivity contribution < 1.29 is 4.79 Å². The van der Waals surface area contributed by atoms with Crippen LogP contribution in [-0.4, -0.2) is 5.78 Å². The van der Waals surface area contributed by atoms with Crippen molar-refractivity contribution in [3.8, 4) is 0 Å². The Balaban J connectivity index is 3.52. The van der Waals surface area contributed by atoms with Crippen LogP contribution < -0.4 is 0 Å². The molecule has 0 atom stereocenters. The maximum absolute atomic E-state index is 12.1. The van der Waals surface area contributed by atoms with Crippen molar-refractivity contribution in [2.45, 2.75) is 13.3 Å². The topological polar surface area (TPSA) is 17.1 Å². The third kappa shape index (κ3) is 2.95. The molecule has 0 N–H and O–H groups in total. The molecule has 0 aliphatic carbocycles. The number of aryl methyl sites for hydroxylation is 1. The van der Waals surface area contributed by atoms with Crippen LogP contribution >= 0.6 is 0 Å². The van der Waals surface area contributed by atoms with Crippen molar-refractivity contribution in [3.63, 3.8) is 0 Å². The highest BCUT2D eigenvalue weighted by Gasteiger charge is 2.14. The van der Waals surface area contributed by atoms with Crippen LogP contribution in [0.2, 0.25) is 0 Å². The summed E-state index contributed by atoms with van der Waals surface area (Å²) in [6.45, 7) is 13.0. The Hall–Kier alpha value is -2.15. The van der Waals surface area contributed by atoms with Gasteiger partial charge in [-0.1, -0.05) is 49.6 Å². The molecule has 0 radical (unpaired) electrons. The van der Waals surface area contributed by atoms with Crippen LogP contribution in [0.25, 0.3) is 5.57 Å². The summed E-state index contributed by atoms with van der Waals surface area (Å²) < 4.78 is 0. The van der Waals surface area contributed by atoms with Gasteiger partial charge in [-0.05, 0) is 36.1 Å². The molecule has 0 unspecified atom stereocenters. The lowest BCUT2D eigenvalue weighted by Gasteiger charge is -2.12. The number of hydrogen-bond donors (Lipinski definition) is 0. The lowest BCUT2D eigenvalue weighted by atomic mass is 9.91. The van der Waals surface area contributed by atoms with Crippen molar-refractivity contribution in [2.75, 3.05) is 0 Å². The summed E-state index contributed by atoms with van der Waals surface area (Å²) in [7, 11) is 0. The van der Waals surface area contributed by atoms with Crippen LogP contribution in [0.15, 0.2) is 67.8 Å². The van der Waals surface area contributed by atoms with Crippen LogP contribution in [0.3, 0.4) is 0 Å². The second-order valence-electron chi connectivity index (χ2n) is 3.98. The van der Waals surface area contributed by atoms with E-state index in [4.69, 9.17) is 0 Å². The predicted molar refractivity (Wildman–Crippen MR) is 78.3 cm³/mol. The molecule has 1 heteroatoms. The van der Waals surface area contributed by atoms with E-state index in [0.29, 0.717) is 12.0 Å². The average Bonchev–Trinajstić information content (AvgIpc) is 2.39. The fourth-order valence-electron chi connectivity index (χ4n) is 1.86. The largest absolute Gasteiger partial charge is 0.289 e. The smallest absolute Gasteiger partial charge is 0.186 e. The summed E-state index contributed by atoms with van der Waals surface area (Å²) in [6.07, 6.45) is 5.44. The number of carbonyl (C=O) groups is 1. The van der Waals surface area contributed by atoms with Gasteiger partial charge in [0, 0.05) is 5.57 Å². The summed E-state index contributed by atoms with van der Waals surface area (Å²) >= 11 is 0. The molecule has 0 saturated carbocycles. The van der Waals surface area contributed by atoms with Crippen LogP contribution in [0.4, 0.5) is 0 Å². The van der Waals surface area contributed by atoms with Crippen molar-refractivity contribution in [3.05, 3.63) is 78.9 Å². The van der Waals surface area contributed by atoms with Gasteiger partial charge in [-0.3, -0.25) is 4.79 Å². The fourth-order valence-corrected chi connectivity index (χ4v) is 1.86. The quantitative estimate of drug-likeness (QED) is 0.411. The molecule has 0 spiro atoms. The van der Waals surface area contributed by atoms with Gasteiger partial charge in [-0.25, -0.2) is 0 Å². The Morgan fingerprint density at radius 1 is 1.17 bits per heavy atom. The zero-order valence-corrected chi connectivity index (χ0v) is 10.8. The third-order valence-electron chi connectivity index (χ3n) is 2.78. The molecule has 0 aliphatic rings. The van der Waals surface area contributed by atoms with Crippen molar-refractivity contribution in [1.29, 1.82) is 0 Å². The second-order valence-corrected chi connectivity index (χ2v) is 3.98. The van der Waals surface area contributed by atoms with Crippen molar-refractivity contribution in [2.24, 2.45) is 0 Å². The van der Waals surface area contributed by atoms with E-state index in [0.717, 1.165) is 16.7 Å². The van der Waals surface area contributed by atoms with Gasteiger partial charge in [0.05, 0.1) is 0 Å². The molecule has 1 aromatic carbocycles. The molecule has 1 rings (SSSR count). The van der Waals surface area contributed by atoms with E-state index < -0.39 is 0 Å². The Labute approximate surface area is 109 Å². The van der Waals surface area contributed by atoms with E-state index in [1.54, 1.807) is 12.2 Å². The van der Waals surface area contributed by atoms with Crippen molar-refractivity contribution >= 4 is 11.4 Å². The SMILES string of the molecule is C=CCC(C=C)=C(C(=O)C=C)c1ccccc1C. The first-order chi connectivity index (χ1) is 8.65. The second kappa shape index (κ2) is 6.55. The Morgan fingerprint density at radius 2 is 1.83 bits per heavy atom. The lowest BCUT2D eigenvalue weighted by Crippen LogP contribution is -2.03. The van der Waals surface area contributed by atoms with Gasteiger partial charge in [-0.15, -0.1) is 6.58 Å². The normalized spacial score (nSPS) is 11.4. The Morgan fingerprint density at radius 3 is 2.33 bits per heavy atom.